The average molecular weight is 418 g/mol. The van der Waals surface area contributed by atoms with E-state index in [1.807, 2.05) is 37.3 Å². The van der Waals surface area contributed by atoms with Crippen LogP contribution in [-0.2, 0) is 0 Å². The Morgan fingerprint density at radius 1 is 1.03 bits per heavy atom. The molecule has 2 aromatic carbocycles. The lowest BCUT2D eigenvalue weighted by molar-refractivity contribution is 0.0652. The van der Waals surface area contributed by atoms with Gasteiger partial charge in [-0.1, -0.05) is 30.3 Å². The molecule has 1 aromatic heterocycles. The minimum Gasteiger partial charge on any atom is -0.459 e. The molecular weight excluding hydrogens is 392 g/mol. The van der Waals surface area contributed by atoms with Crippen molar-refractivity contribution in [3.63, 3.8) is 0 Å². The molecule has 0 aliphatic carbocycles. The zero-order valence-corrected chi connectivity index (χ0v) is 17.7. The molecule has 0 spiro atoms. The van der Waals surface area contributed by atoms with Crippen LogP contribution in [0.15, 0.2) is 64.0 Å². The Hall–Kier alpha value is -3.61. The lowest BCUT2D eigenvalue weighted by Gasteiger charge is -2.17. The van der Waals surface area contributed by atoms with Crippen LogP contribution in [-0.4, -0.2) is 42.8 Å². The largest absolute Gasteiger partial charge is 0.459 e. The average Bonchev–Trinajstić information content (AvgIpc) is 3.33. The molecule has 0 fully saturated rings. The Labute approximate surface area is 181 Å². The summed E-state index contributed by atoms with van der Waals surface area (Å²) < 4.78 is 5.91. The van der Waals surface area contributed by atoms with Gasteiger partial charge < -0.3 is 15.1 Å². The van der Waals surface area contributed by atoms with Gasteiger partial charge in [0.25, 0.3) is 11.8 Å². The zero-order chi connectivity index (χ0) is 21.8. The Morgan fingerprint density at radius 2 is 1.71 bits per heavy atom. The Morgan fingerprint density at radius 3 is 2.39 bits per heavy atom. The maximum Gasteiger partial charge on any atom is 0.261 e. The summed E-state index contributed by atoms with van der Waals surface area (Å²) in [4.78, 5) is 30.4. The summed E-state index contributed by atoms with van der Waals surface area (Å²) in [5.74, 6) is 1.11. The predicted octanol–water partition coefficient (Wildman–Crippen LogP) is 3.74. The molecule has 0 saturated carbocycles. The second-order valence-electron chi connectivity index (χ2n) is 7.57. The summed E-state index contributed by atoms with van der Waals surface area (Å²) in [6.07, 6.45) is 1.52. The molecule has 3 aromatic rings. The number of fused-ring (bicyclic) bond motifs is 2. The van der Waals surface area contributed by atoms with E-state index in [1.54, 1.807) is 31.3 Å². The first kappa shape index (κ1) is 20.7. The van der Waals surface area contributed by atoms with E-state index in [-0.39, 0.29) is 17.9 Å². The highest BCUT2D eigenvalue weighted by Crippen LogP contribution is 2.24. The van der Waals surface area contributed by atoms with Crippen LogP contribution in [0.1, 0.15) is 52.3 Å². The maximum atomic E-state index is 12.4. The van der Waals surface area contributed by atoms with Crippen molar-refractivity contribution in [1.82, 2.24) is 15.5 Å². The van der Waals surface area contributed by atoms with E-state index in [9.17, 15) is 9.59 Å². The standard InChI is InChI=1S/C24H26N4O3/c1-16(21-15-17-9-3-6-12-20(17)31-21)27-24(25-2)26-13-7-8-14-28-22(29)18-10-4-5-11-19(18)23(28)30/h3-6,9-12,15-16H,7-8,13-14H2,1-2H3,(H2,25,26,27). The number of carbonyl (C=O) groups excluding carboxylic acids is 2. The van der Waals surface area contributed by atoms with Gasteiger partial charge >= 0.3 is 0 Å². The van der Waals surface area contributed by atoms with E-state index >= 15 is 0 Å². The first-order valence-corrected chi connectivity index (χ1v) is 10.5. The highest BCUT2D eigenvalue weighted by molar-refractivity contribution is 6.21. The van der Waals surface area contributed by atoms with Crippen LogP contribution >= 0.6 is 0 Å². The molecular formula is C24H26N4O3. The monoisotopic (exact) mass is 418 g/mol. The number of carbonyl (C=O) groups is 2. The van der Waals surface area contributed by atoms with Gasteiger partial charge in [-0.15, -0.1) is 0 Å². The minimum absolute atomic E-state index is 0.0445. The second-order valence-corrected chi connectivity index (χ2v) is 7.57. The van der Waals surface area contributed by atoms with E-state index in [0.717, 1.165) is 23.2 Å². The van der Waals surface area contributed by atoms with E-state index in [1.165, 1.54) is 4.90 Å². The zero-order valence-electron chi connectivity index (χ0n) is 17.7. The molecule has 2 heterocycles. The van der Waals surface area contributed by atoms with Gasteiger partial charge in [-0.05, 0) is 44.0 Å². The SMILES string of the molecule is CN=C(NCCCCN1C(=O)c2ccccc2C1=O)NC(C)c1cc2ccccc2o1. The summed E-state index contributed by atoms with van der Waals surface area (Å²) in [6.45, 7) is 3.11. The fourth-order valence-electron chi connectivity index (χ4n) is 3.73. The number of benzene rings is 2. The first-order chi connectivity index (χ1) is 15.1. The fourth-order valence-corrected chi connectivity index (χ4v) is 3.73. The number of furan rings is 1. The van der Waals surface area contributed by atoms with Crippen molar-refractivity contribution in [2.24, 2.45) is 4.99 Å². The molecule has 2 amide bonds. The minimum atomic E-state index is -0.203. The van der Waals surface area contributed by atoms with E-state index < -0.39 is 0 Å². The normalized spacial score (nSPS) is 14.8. The Balaban J connectivity index is 1.23. The van der Waals surface area contributed by atoms with Crippen molar-refractivity contribution in [2.45, 2.75) is 25.8 Å². The van der Waals surface area contributed by atoms with E-state index in [2.05, 4.69) is 15.6 Å². The number of amides is 2. The van der Waals surface area contributed by atoms with Gasteiger partial charge in [-0.3, -0.25) is 19.5 Å². The highest BCUT2D eigenvalue weighted by Gasteiger charge is 2.34. The summed E-state index contributed by atoms with van der Waals surface area (Å²) in [5, 5.41) is 7.68. The number of guanidine groups is 1. The number of rotatable bonds is 7. The van der Waals surface area contributed by atoms with Crippen LogP contribution in [0.25, 0.3) is 11.0 Å². The van der Waals surface area contributed by atoms with Crippen LogP contribution in [0.2, 0.25) is 0 Å². The van der Waals surface area contributed by atoms with Crippen molar-refractivity contribution in [2.75, 3.05) is 20.1 Å². The van der Waals surface area contributed by atoms with Crippen LogP contribution in [0.5, 0.6) is 0 Å². The topological polar surface area (TPSA) is 86.9 Å². The number of imide groups is 1. The number of hydrogen-bond acceptors (Lipinski definition) is 4. The highest BCUT2D eigenvalue weighted by atomic mass is 16.3. The molecule has 0 saturated heterocycles. The predicted molar refractivity (Wildman–Crippen MR) is 120 cm³/mol. The molecule has 1 aliphatic heterocycles. The van der Waals surface area contributed by atoms with Crippen molar-refractivity contribution < 1.29 is 14.0 Å². The molecule has 1 aliphatic rings. The van der Waals surface area contributed by atoms with Gasteiger partial charge in [0, 0.05) is 25.5 Å². The molecule has 7 heteroatoms. The number of hydrogen-bond donors (Lipinski definition) is 2. The van der Waals surface area contributed by atoms with E-state index in [0.29, 0.717) is 36.6 Å². The van der Waals surface area contributed by atoms with Gasteiger partial charge in [0.15, 0.2) is 5.96 Å². The quantitative estimate of drug-likeness (QED) is 0.264. The molecule has 2 N–H and O–H groups in total. The summed E-state index contributed by atoms with van der Waals surface area (Å²) in [7, 11) is 1.72. The molecule has 0 bridgehead atoms. The number of unbranched alkanes of at least 4 members (excludes halogenated alkanes) is 1. The second kappa shape index (κ2) is 9.04. The number of nitrogens with zero attached hydrogens (tertiary/aromatic N) is 2. The third kappa shape index (κ3) is 4.30. The lowest BCUT2D eigenvalue weighted by Crippen LogP contribution is -2.39. The molecule has 7 nitrogen and oxygen atoms in total. The van der Waals surface area contributed by atoms with Crippen LogP contribution in [0, 0.1) is 0 Å². The van der Waals surface area contributed by atoms with Gasteiger partial charge in [0.1, 0.15) is 11.3 Å². The maximum absolute atomic E-state index is 12.4. The van der Waals surface area contributed by atoms with Crippen molar-refractivity contribution in [1.29, 1.82) is 0 Å². The smallest absolute Gasteiger partial charge is 0.261 e. The first-order valence-electron chi connectivity index (χ1n) is 10.5. The molecule has 160 valence electrons. The molecule has 31 heavy (non-hydrogen) atoms. The van der Waals surface area contributed by atoms with Crippen LogP contribution < -0.4 is 10.6 Å². The molecule has 4 rings (SSSR count). The summed E-state index contributed by atoms with van der Waals surface area (Å²) >= 11 is 0. The van der Waals surface area contributed by atoms with Crippen molar-refractivity contribution in [3.05, 3.63) is 71.5 Å². The number of aliphatic imine (C=N–C) groups is 1. The fraction of sp³-hybridized carbons (Fsp3) is 0.292. The molecule has 1 unspecified atom stereocenters. The number of nitrogens with one attached hydrogen (secondary N) is 2. The third-order valence-electron chi connectivity index (χ3n) is 5.43. The van der Waals surface area contributed by atoms with Crippen LogP contribution in [0.4, 0.5) is 0 Å². The Kier molecular flexibility index (Phi) is 6.02. The number of para-hydroxylation sites is 1. The molecule has 0 radical (unpaired) electrons. The lowest BCUT2D eigenvalue weighted by atomic mass is 10.1. The Bertz CT molecular complexity index is 1070. The van der Waals surface area contributed by atoms with E-state index in [4.69, 9.17) is 4.42 Å². The summed E-state index contributed by atoms with van der Waals surface area (Å²) in [6, 6.07) is 16.9. The summed E-state index contributed by atoms with van der Waals surface area (Å²) in [5.41, 5.74) is 1.85. The van der Waals surface area contributed by atoms with Crippen LogP contribution in [0.3, 0.4) is 0 Å². The molecule has 1 atom stereocenters. The van der Waals surface area contributed by atoms with Crippen molar-refractivity contribution >= 4 is 28.7 Å². The third-order valence-corrected chi connectivity index (χ3v) is 5.43. The van der Waals surface area contributed by atoms with Gasteiger partial charge in [-0.2, -0.15) is 0 Å². The van der Waals surface area contributed by atoms with Gasteiger partial charge in [-0.25, -0.2) is 0 Å². The van der Waals surface area contributed by atoms with Gasteiger partial charge in [0.2, 0.25) is 0 Å². The van der Waals surface area contributed by atoms with Crippen molar-refractivity contribution in [3.8, 4) is 0 Å². The van der Waals surface area contributed by atoms with Gasteiger partial charge in [0.05, 0.1) is 17.2 Å².